The van der Waals surface area contributed by atoms with Crippen molar-refractivity contribution in [2.75, 3.05) is 24.2 Å². The van der Waals surface area contributed by atoms with Crippen molar-refractivity contribution in [3.05, 3.63) is 59.9 Å². The summed E-state index contributed by atoms with van der Waals surface area (Å²) in [6, 6.07) is 11.5. The van der Waals surface area contributed by atoms with Crippen LogP contribution in [0.1, 0.15) is 12.5 Å². The minimum absolute atomic E-state index is 0.233. The number of nitrogens with one attached hydrogen (secondary N) is 1. The van der Waals surface area contributed by atoms with E-state index < -0.39 is 27.8 Å². The van der Waals surface area contributed by atoms with Gasteiger partial charge in [-0.3, -0.25) is 9.10 Å². The highest BCUT2D eigenvalue weighted by Gasteiger charge is 2.28. The summed E-state index contributed by atoms with van der Waals surface area (Å²) in [7, 11) is -2.14. The number of nitrogens with zero attached hydrogens (tertiary/aromatic N) is 1. The first kappa shape index (κ1) is 20.7. The fourth-order valence-corrected chi connectivity index (χ4v) is 3.84. The minimum atomic E-state index is -3.72. The van der Waals surface area contributed by atoms with E-state index in [0.717, 1.165) is 34.0 Å². The van der Waals surface area contributed by atoms with Crippen LogP contribution >= 0.6 is 0 Å². The Bertz CT molecular complexity index is 868. The smallest absolute Gasteiger partial charge is 0.243 e. The number of methoxy groups -OCH3 is 1. The number of carbonyl (C=O) groups excluding carboxylic acids is 1. The quantitative estimate of drug-likeness (QED) is 0.746. The lowest BCUT2D eigenvalue weighted by atomic mass is 10.1. The van der Waals surface area contributed by atoms with Crippen LogP contribution in [0, 0.1) is 5.82 Å². The van der Waals surface area contributed by atoms with Crippen molar-refractivity contribution >= 4 is 21.6 Å². The Morgan fingerprint density at radius 2 is 1.74 bits per heavy atom. The van der Waals surface area contributed by atoms with E-state index in [1.165, 1.54) is 19.1 Å². The number of amides is 1. The van der Waals surface area contributed by atoms with Gasteiger partial charge in [0.05, 0.1) is 19.1 Å². The molecule has 0 unspecified atom stereocenters. The monoisotopic (exact) mass is 394 g/mol. The zero-order chi connectivity index (χ0) is 20.0. The highest BCUT2D eigenvalue weighted by atomic mass is 32.2. The molecule has 2 aromatic rings. The van der Waals surface area contributed by atoms with Crippen LogP contribution in [0.3, 0.4) is 0 Å². The molecular formula is C19H23FN2O4S. The number of ether oxygens (including phenoxy) is 1. The number of sulfonamides is 1. The Labute approximate surface area is 159 Å². The van der Waals surface area contributed by atoms with E-state index in [1.54, 1.807) is 7.11 Å². The molecule has 0 heterocycles. The van der Waals surface area contributed by atoms with E-state index in [2.05, 4.69) is 5.32 Å². The molecule has 0 bridgehead atoms. The van der Waals surface area contributed by atoms with Gasteiger partial charge in [-0.05, 0) is 55.3 Å². The number of halogens is 1. The van der Waals surface area contributed by atoms with E-state index in [4.69, 9.17) is 4.74 Å². The second-order valence-electron chi connectivity index (χ2n) is 6.10. The summed E-state index contributed by atoms with van der Waals surface area (Å²) in [6.45, 7) is 1.85. The van der Waals surface area contributed by atoms with Crippen LogP contribution in [-0.2, 0) is 21.2 Å². The molecule has 0 aliphatic rings. The van der Waals surface area contributed by atoms with Crippen LogP contribution in [0.4, 0.5) is 10.1 Å². The molecule has 0 spiro atoms. The van der Waals surface area contributed by atoms with E-state index in [9.17, 15) is 17.6 Å². The van der Waals surface area contributed by atoms with Gasteiger partial charge < -0.3 is 10.1 Å². The molecule has 146 valence electrons. The van der Waals surface area contributed by atoms with Gasteiger partial charge in [0.2, 0.25) is 15.9 Å². The Kier molecular flexibility index (Phi) is 6.79. The zero-order valence-corrected chi connectivity index (χ0v) is 16.3. The number of rotatable bonds is 8. The highest BCUT2D eigenvalue weighted by Crippen LogP contribution is 2.21. The number of hydrogen-bond acceptors (Lipinski definition) is 4. The molecule has 6 nitrogen and oxygen atoms in total. The molecule has 2 rings (SSSR count). The molecule has 0 aromatic heterocycles. The van der Waals surface area contributed by atoms with Crippen molar-refractivity contribution in [1.82, 2.24) is 5.32 Å². The lowest BCUT2D eigenvalue weighted by molar-refractivity contribution is -0.121. The average Bonchev–Trinajstić information content (AvgIpc) is 2.63. The molecule has 0 aliphatic carbocycles. The number of hydrogen-bond donors (Lipinski definition) is 1. The maximum atomic E-state index is 13.1. The summed E-state index contributed by atoms with van der Waals surface area (Å²) in [6.07, 6.45) is 1.61. The maximum Gasteiger partial charge on any atom is 0.243 e. The second kappa shape index (κ2) is 8.85. The maximum absolute atomic E-state index is 13.1. The van der Waals surface area contributed by atoms with Crippen LogP contribution in [0.2, 0.25) is 0 Å². The van der Waals surface area contributed by atoms with Gasteiger partial charge in [0.25, 0.3) is 0 Å². The van der Waals surface area contributed by atoms with Crippen LogP contribution in [0.15, 0.2) is 48.5 Å². The normalized spacial score (nSPS) is 12.3. The van der Waals surface area contributed by atoms with E-state index in [-0.39, 0.29) is 5.69 Å². The van der Waals surface area contributed by atoms with Gasteiger partial charge in [-0.15, -0.1) is 0 Å². The van der Waals surface area contributed by atoms with Gasteiger partial charge >= 0.3 is 0 Å². The third-order valence-electron chi connectivity index (χ3n) is 4.04. The minimum Gasteiger partial charge on any atom is -0.497 e. The third-order valence-corrected chi connectivity index (χ3v) is 5.28. The van der Waals surface area contributed by atoms with E-state index in [0.29, 0.717) is 13.0 Å². The number of benzene rings is 2. The van der Waals surface area contributed by atoms with Gasteiger partial charge in [-0.2, -0.15) is 0 Å². The van der Waals surface area contributed by atoms with Crippen molar-refractivity contribution < 1.29 is 22.3 Å². The first-order valence-corrected chi connectivity index (χ1v) is 10.2. The summed E-state index contributed by atoms with van der Waals surface area (Å²) < 4.78 is 43.5. The van der Waals surface area contributed by atoms with Gasteiger partial charge in [-0.25, -0.2) is 12.8 Å². The fraction of sp³-hybridized carbons (Fsp3) is 0.316. The molecule has 27 heavy (non-hydrogen) atoms. The van der Waals surface area contributed by atoms with Gasteiger partial charge in [0, 0.05) is 6.54 Å². The van der Waals surface area contributed by atoms with E-state index >= 15 is 0 Å². The molecule has 0 aliphatic heterocycles. The average molecular weight is 394 g/mol. The Hall–Kier alpha value is -2.61. The molecule has 1 N–H and O–H groups in total. The Morgan fingerprint density at radius 3 is 2.26 bits per heavy atom. The van der Waals surface area contributed by atoms with Crippen LogP contribution < -0.4 is 14.4 Å². The number of carbonyl (C=O) groups is 1. The fourth-order valence-electron chi connectivity index (χ4n) is 2.67. The molecule has 0 fully saturated rings. The Morgan fingerprint density at radius 1 is 1.15 bits per heavy atom. The van der Waals surface area contributed by atoms with Crippen LogP contribution in [0.25, 0.3) is 0 Å². The first-order valence-electron chi connectivity index (χ1n) is 8.38. The SMILES string of the molecule is COc1ccc(CCNC(=O)[C@@H](C)N(c2ccc(F)cc2)S(C)(=O)=O)cc1. The standard InChI is InChI=1S/C19H23FN2O4S/c1-14(22(27(3,24)25)17-8-6-16(20)7-9-17)19(23)21-13-12-15-4-10-18(26-2)11-5-15/h4-11,14H,12-13H2,1-3H3,(H,21,23)/t14-/m1/s1. The Balaban J connectivity index is 2.02. The molecule has 1 atom stereocenters. The molecular weight excluding hydrogens is 371 g/mol. The van der Waals surface area contributed by atoms with Crippen molar-refractivity contribution in [2.45, 2.75) is 19.4 Å². The van der Waals surface area contributed by atoms with Crippen LogP contribution in [0.5, 0.6) is 5.75 Å². The lowest BCUT2D eigenvalue weighted by Gasteiger charge is -2.28. The predicted octanol–water partition coefficient (Wildman–Crippen LogP) is 2.35. The summed E-state index contributed by atoms with van der Waals surface area (Å²) in [5.41, 5.74) is 1.25. The molecule has 0 saturated carbocycles. The third kappa shape index (κ3) is 5.68. The topological polar surface area (TPSA) is 75.7 Å². The zero-order valence-electron chi connectivity index (χ0n) is 15.5. The van der Waals surface area contributed by atoms with Gasteiger partial charge in [-0.1, -0.05) is 12.1 Å². The summed E-state index contributed by atoms with van der Waals surface area (Å²) in [4.78, 5) is 12.5. The van der Waals surface area contributed by atoms with Crippen LogP contribution in [-0.4, -0.2) is 40.3 Å². The number of anilines is 1. The largest absolute Gasteiger partial charge is 0.497 e. The van der Waals surface area contributed by atoms with Gasteiger partial charge in [0.15, 0.2) is 0 Å². The molecule has 0 saturated heterocycles. The molecule has 8 heteroatoms. The van der Waals surface area contributed by atoms with Crippen molar-refractivity contribution in [3.63, 3.8) is 0 Å². The van der Waals surface area contributed by atoms with E-state index in [1.807, 2.05) is 24.3 Å². The highest BCUT2D eigenvalue weighted by molar-refractivity contribution is 7.92. The van der Waals surface area contributed by atoms with Crippen molar-refractivity contribution in [1.29, 1.82) is 0 Å². The molecule has 0 radical (unpaired) electrons. The lowest BCUT2D eigenvalue weighted by Crippen LogP contribution is -2.48. The first-order chi connectivity index (χ1) is 12.7. The summed E-state index contributed by atoms with van der Waals surface area (Å²) in [5, 5.41) is 2.74. The summed E-state index contributed by atoms with van der Waals surface area (Å²) in [5.74, 6) is -0.165. The predicted molar refractivity (Wildman–Crippen MR) is 103 cm³/mol. The molecule has 1 amide bonds. The second-order valence-corrected chi connectivity index (χ2v) is 7.96. The van der Waals surface area contributed by atoms with Gasteiger partial charge in [0.1, 0.15) is 17.6 Å². The van der Waals surface area contributed by atoms with Crippen molar-refractivity contribution in [2.24, 2.45) is 0 Å². The molecule has 2 aromatic carbocycles. The summed E-state index contributed by atoms with van der Waals surface area (Å²) >= 11 is 0. The van der Waals surface area contributed by atoms with Crippen molar-refractivity contribution in [3.8, 4) is 5.75 Å².